The van der Waals surface area contributed by atoms with Crippen LogP contribution in [0.15, 0.2) is 12.1 Å². The van der Waals surface area contributed by atoms with Crippen molar-refractivity contribution in [3.63, 3.8) is 0 Å². The van der Waals surface area contributed by atoms with E-state index in [0.29, 0.717) is 12.0 Å². The molecule has 1 aromatic rings. The number of carbonyl (C=O) groups is 1. The highest BCUT2D eigenvalue weighted by Crippen LogP contribution is 2.29. The summed E-state index contributed by atoms with van der Waals surface area (Å²) in [6.07, 6.45) is 0.893. The van der Waals surface area contributed by atoms with E-state index >= 15 is 0 Å². The molecule has 2 atom stereocenters. The third-order valence-electron chi connectivity index (χ3n) is 2.76. The summed E-state index contributed by atoms with van der Waals surface area (Å²) in [6.45, 7) is 1.99. The average Bonchev–Trinajstić information content (AvgIpc) is 2.87. The summed E-state index contributed by atoms with van der Waals surface area (Å²) in [4.78, 5) is 11.6. The number of nitrogens with one attached hydrogen (secondary N) is 1. The Labute approximate surface area is 91.6 Å². The summed E-state index contributed by atoms with van der Waals surface area (Å²) in [5.41, 5.74) is 4.84. The molecular weight excluding hydrogens is 214 g/mol. The zero-order chi connectivity index (χ0) is 11.9. The Kier molecular flexibility index (Phi) is 2.53. The van der Waals surface area contributed by atoms with Gasteiger partial charge in [-0.2, -0.15) is 0 Å². The number of anilines is 1. The molecule has 0 aliphatic heterocycles. The molecule has 2 rings (SSSR count). The van der Waals surface area contributed by atoms with Crippen molar-refractivity contribution >= 4 is 11.6 Å². The van der Waals surface area contributed by atoms with Gasteiger partial charge in [0.1, 0.15) is 11.6 Å². The van der Waals surface area contributed by atoms with Gasteiger partial charge in [-0.25, -0.2) is 8.78 Å². The molecule has 3 nitrogen and oxygen atoms in total. The van der Waals surface area contributed by atoms with Gasteiger partial charge in [0.05, 0.1) is 11.3 Å². The van der Waals surface area contributed by atoms with E-state index in [1.807, 2.05) is 6.92 Å². The molecule has 0 spiro atoms. The topological polar surface area (TPSA) is 55.1 Å². The fraction of sp³-hybridized carbons (Fsp3) is 0.364. The van der Waals surface area contributed by atoms with E-state index in [-0.39, 0.29) is 17.3 Å². The molecule has 3 N–H and O–H groups in total. The molecule has 5 heteroatoms. The lowest BCUT2D eigenvalue weighted by atomic mass is 10.1. The average molecular weight is 226 g/mol. The van der Waals surface area contributed by atoms with E-state index in [1.165, 1.54) is 0 Å². The number of carbonyl (C=O) groups excluding carboxylic acids is 1. The number of hydrogen-bond acceptors (Lipinski definition) is 2. The molecular formula is C11H12F2N2O. The van der Waals surface area contributed by atoms with Gasteiger partial charge in [-0.3, -0.25) is 4.79 Å². The molecule has 1 aromatic carbocycles. The fourth-order valence-electron chi connectivity index (χ4n) is 1.51. The van der Waals surface area contributed by atoms with Gasteiger partial charge >= 0.3 is 0 Å². The molecule has 16 heavy (non-hydrogen) atoms. The summed E-state index contributed by atoms with van der Waals surface area (Å²) in [5, 5.41) is 2.65. The van der Waals surface area contributed by atoms with Crippen LogP contribution in [0.3, 0.4) is 0 Å². The normalized spacial score (nSPS) is 22.9. The first-order valence-corrected chi connectivity index (χ1v) is 5.04. The Bertz CT molecular complexity index is 448. The third kappa shape index (κ3) is 1.98. The lowest BCUT2D eigenvalue weighted by Gasteiger charge is -2.06. The molecule has 1 saturated carbocycles. The molecule has 1 amide bonds. The van der Waals surface area contributed by atoms with Crippen LogP contribution in [0.2, 0.25) is 0 Å². The number of benzene rings is 1. The van der Waals surface area contributed by atoms with Gasteiger partial charge in [0.15, 0.2) is 0 Å². The van der Waals surface area contributed by atoms with Gasteiger partial charge in [0, 0.05) is 12.1 Å². The number of amides is 1. The van der Waals surface area contributed by atoms with Crippen molar-refractivity contribution in [3.05, 3.63) is 29.3 Å². The molecule has 0 radical (unpaired) electrons. The second-order valence-corrected chi connectivity index (χ2v) is 4.15. The van der Waals surface area contributed by atoms with Crippen LogP contribution in [0.25, 0.3) is 0 Å². The van der Waals surface area contributed by atoms with E-state index in [1.54, 1.807) is 0 Å². The van der Waals surface area contributed by atoms with Crippen molar-refractivity contribution in [2.75, 3.05) is 5.73 Å². The number of hydrogen-bond donors (Lipinski definition) is 2. The van der Waals surface area contributed by atoms with Crippen molar-refractivity contribution < 1.29 is 13.6 Å². The molecule has 86 valence electrons. The van der Waals surface area contributed by atoms with Crippen molar-refractivity contribution in [2.45, 2.75) is 19.4 Å². The highest BCUT2D eigenvalue weighted by Gasteiger charge is 2.34. The van der Waals surface area contributed by atoms with Crippen molar-refractivity contribution in [3.8, 4) is 0 Å². The van der Waals surface area contributed by atoms with E-state index < -0.39 is 17.5 Å². The van der Waals surface area contributed by atoms with Gasteiger partial charge in [0.25, 0.3) is 5.91 Å². The summed E-state index contributed by atoms with van der Waals surface area (Å²) < 4.78 is 26.2. The van der Waals surface area contributed by atoms with Gasteiger partial charge in [0.2, 0.25) is 0 Å². The van der Waals surface area contributed by atoms with Crippen LogP contribution >= 0.6 is 0 Å². The highest BCUT2D eigenvalue weighted by atomic mass is 19.1. The SMILES string of the molecule is CC1CC1NC(=O)c1cc(N)c(F)cc1F. The number of nitrogens with two attached hydrogens (primary N) is 1. The molecule has 1 aliphatic rings. The Morgan fingerprint density at radius 1 is 1.44 bits per heavy atom. The standard InChI is InChI=1S/C11H12F2N2O/c1-5-2-10(5)15-11(16)6-3-9(14)8(13)4-7(6)12/h3-5,10H,2,14H2,1H3,(H,15,16). The quantitative estimate of drug-likeness (QED) is 0.754. The maximum absolute atomic E-state index is 13.3. The fourth-order valence-corrected chi connectivity index (χ4v) is 1.51. The molecule has 2 unspecified atom stereocenters. The van der Waals surface area contributed by atoms with Gasteiger partial charge in [-0.15, -0.1) is 0 Å². The predicted octanol–water partition coefficient (Wildman–Crippen LogP) is 1.69. The van der Waals surface area contributed by atoms with Crippen LogP contribution in [0.5, 0.6) is 0 Å². The van der Waals surface area contributed by atoms with Crippen molar-refractivity contribution in [1.29, 1.82) is 0 Å². The highest BCUT2D eigenvalue weighted by molar-refractivity contribution is 5.95. The van der Waals surface area contributed by atoms with Crippen molar-refractivity contribution in [2.24, 2.45) is 5.92 Å². The molecule has 0 saturated heterocycles. The Hall–Kier alpha value is -1.65. The maximum atomic E-state index is 13.3. The van der Waals surface area contributed by atoms with E-state index in [4.69, 9.17) is 5.73 Å². The first-order valence-electron chi connectivity index (χ1n) is 5.04. The summed E-state index contributed by atoms with van der Waals surface area (Å²) in [6, 6.07) is 1.74. The summed E-state index contributed by atoms with van der Waals surface area (Å²) in [7, 11) is 0. The maximum Gasteiger partial charge on any atom is 0.254 e. The summed E-state index contributed by atoms with van der Waals surface area (Å²) >= 11 is 0. The van der Waals surface area contributed by atoms with Crippen LogP contribution in [-0.4, -0.2) is 11.9 Å². The van der Waals surface area contributed by atoms with Crippen LogP contribution in [-0.2, 0) is 0 Å². The van der Waals surface area contributed by atoms with Gasteiger partial charge in [-0.05, 0) is 18.4 Å². The first kappa shape index (κ1) is 10.9. The molecule has 0 heterocycles. The Balaban J connectivity index is 2.19. The molecule has 0 aromatic heterocycles. The predicted molar refractivity (Wildman–Crippen MR) is 55.8 cm³/mol. The number of nitrogen functional groups attached to an aromatic ring is 1. The van der Waals surface area contributed by atoms with Crippen LogP contribution in [0, 0.1) is 17.6 Å². The number of rotatable bonds is 2. The monoisotopic (exact) mass is 226 g/mol. The Morgan fingerprint density at radius 3 is 2.62 bits per heavy atom. The van der Waals surface area contributed by atoms with Gasteiger partial charge in [-0.1, -0.05) is 6.92 Å². The van der Waals surface area contributed by atoms with Gasteiger partial charge < -0.3 is 11.1 Å². The Morgan fingerprint density at radius 2 is 2.06 bits per heavy atom. The largest absolute Gasteiger partial charge is 0.396 e. The second-order valence-electron chi connectivity index (χ2n) is 4.15. The lowest BCUT2D eigenvalue weighted by Crippen LogP contribution is -2.27. The van der Waals surface area contributed by atoms with Crippen LogP contribution in [0.4, 0.5) is 14.5 Å². The van der Waals surface area contributed by atoms with Crippen molar-refractivity contribution in [1.82, 2.24) is 5.32 Å². The molecule has 1 fully saturated rings. The minimum atomic E-state index is -0.891. The minimum absolute atomic E-state index is 0.0955. The zero-order valence-electron chi connectivity index (χ0n) is 8.76. The molecule has 0 bridgehead atoms. The zero-order valence-corrected chi connectivity index (χ0v) is 8.76. The van der Waals surface area contributed by atoms with E-state index in [0.717, 1.165) is 12.5 Å². The number of halogens is 2. The third-order valence-corrected chi connectivity index (χ3v) is 2.76. The second kappa shape index (κ2) is 3.73. The van der Waals surface area contributed by atoms with E-state index in [2.05, 4.69) is 5.32 Å². The lowest BCUT2D eigenvalue weighted by molar-refractivity contribution is 0.0945. The van der Waals surface area contributed by atoms with E-state index in [9.17, 15) is 13.6 Å². The first-order chi connectivity index (χ1) is 7.49. The minimum Gasteiger partial charge on any atom is -0.396 e. The van der Waals surface area contributed by atoms with Crippen LogP contribution in [0.1, 0.15) is 23.7 Å². The smallest absolute Gasteiger partial charge is 0.254 e. The summed E-state index contributed by atoms with van der Waals surface area (Å²) in [5.74, 6) is -1.87. The molecule has 1 aliphatic carbocycles. The van der Waals surface area contributed by atoms with Crippen LogP contribution < -0.4 is 11.1 Å².